The summed E-state index contributed by atoms with van der Waals surface area (Å²) in [5, 5.41) is 0. The molecule has 1 aromatic carbocycles. The van der Waals surface area contributed by atoms with Gasteiger partial charge in [0.1, 0.15) is 5.75 Å². The number of rotatable bonds is 3. The van der Waals surface area contributed by atoms with Gasteiger partial charge in [-0.25, -0.2) is 8.78 Å². The van der Waals surface area contributed by atoms with E-state index in [1.54, 1.807) is 18.2 Å². The second-order valence-electron chi connectivity index (χ2n) is 7.00. The van der Waals surface area contributed by atoms with Gasteiger partial charge in [0.25, 0.3) is 12.3 Å². The predicted molar refractivity (Wildman–Crippen MR) is 86.0 cm³/mol. The average Bonchev–Trinajstić information content (AvgIpc) is 2.70. The van der Waals surface area contributed by atoms with E-state index in [0.29, 0.717) is 16.9 Å². The Morgan fingerprint density at radius 3 is 2.42 bits per heavy atom. The quantitative estimate of drug-likeness (QED) is 0.790. The number of carbonyl (C=O) groups excluding carboxylic acids is 1. The molecule has 1 fully saturated rings. The van der Waals surface area contributed by atoms with Crippen LogP contribution in [0.15, 0.2) is 18.2 Å². The Morgan fingerprint density at radius 2 is 1.83 bits per heavy atom. The largest absolute Gasteiger partial charge is 0.494 e. The van der Waals surface area contributed by atoms with Gasteiger partial charge in [0.05, 0.1) is 23.4 Å². The lowest BCUT2D eigenvalue weighted by molar-refractivity contribution is -0.121. The van der Waals surface area contributed by atoms with E-state index in [2.05, 4.69) is 0 Å². The highest BCUT2D eigenvalue weighted by atomic mass is 19.3. The van der Waals surface area contributed by atoms with Crippen molar-refractivity contribution < 1.29 is 27.6 Å². The molecule has 1 saturated heterocycles. The van der Waals surface area contributed by atoms with Crippen molar-refractivity contribution in [1.29, 1.82) is 0 Å². The summed E-state index contributed by atoms with van der Waals surface area (Å²) in [6, 6.07) is 5.04. The highest BCUT2D eigenvalue weighted by molar-refractivity contribution is 6.62. The number of amides is 1. The Labute approximate surface area is 140 Å². The minimum absolute atomic E-state index is 0.241. The highest BCUT2D eigenvalue weighted by Gasteiger charge is 2.52. The summed E-state index contributed by atoms with van der Waals surface area (Å²) >= 11 is 0. The molecule has 0 N–H and O–H groups in total. The number of nitrogens with zero attached hydrogens (tertiary/aromatic N) is 1. The van der Waals surface area contributed by atoms with E-state index < -0.39 is 37.2 Å². The number of alkyl halides is 2. The van der Waals surface area contributed by atoms with Crippen molar-refractivity contribution in [3.63, 3.8) is 0 Å². The first-order valence-corrected chi connectivity index (χ1v) is 7.81. The summed E-state index contributed by atoms with van der Waals surface area (Å²) in [5.41, 5.74) is -0.0470. The highest BCUT2D eigenvalue weighted by Crippen LogP contribution is 2.38. The molecule has 0 atom stereocenters. The molecule has 0 unspecified atom stereocenters. The first-order chi connectivity index (χ1) is 11.1. The van der Waals surface area contributed by atoms with Gasteiger partial charge in [-0.05, 0) is 45.3 Å². The number of halogens is 2. The molecule has 24 heavy (non-hydrogen) atoms. The van der Waals surface area contributed by atoms with E-state index in [1.165, 1.54) is 0 Å². The molecular weight excluding hydrogens is 319 g/mol. The fourth-order valence-corrected chi connectivity index (χ4v) is 2.68. The molecule has 2 aliphatic rings. The molecule has 0 radical (unpaired) electrons. The van der Waals surface area contributed by atoms with Crippen LogP contribution in [0.1, 0.15) is 27.7 Å². The molecule has 2 heterocycles. The smallest absolute Gasteiger partial charge is 0.482 e. The maximum Gasteiger partial charge on any atom is 0.494 e. The third-order valence-electron chi connectivity index (χ3n) is 4.77. The van der Waals surface area contributed by atoms with Gasteiger partial charge in [0.2, 0.25) is 0 Å². The minimum Gasteiger partial charge on any atom is -0.482 e. The van der Waals surface area contributed by atoms with Crippen LogP contribution in [0.4, 0.5) is 14.5 Å². The van der Waals surface area contributed by atoms with Crippen LogP contribution >= 0.6 is 0 Å². The first kappa shape index (κ1) is 17.2. The Bertz CT molecular complexity index is 649. The van der Waals surface area contributed by atoms with Crippen LogP contribution in [-0.4, -0.2) is 43.8 Å². The summed E-state index contributed by atoms with van der Waals surface area (Å²) in [6.07, 6.45) is -2.62. The minimum atomic E-state index is -2.62. The van der Waals surface area contributed by atoms with Crippen LogP contribution < -0.4 is 15.1 Å². The van der Waals surface area contributed by atoms with Crippen molar-refractivity contribution >= 4 is 24.2 Å². The number of fused-ring (bicyclic) bond motifs is 1. The zero-order chi connectivity index (χ0) is 17.7. The van der Waals surface area contributed by atoms with E-state index in [-0.39, 0.29) is 6.61 Å². The third-order valence-corrected chi connectivity index (χ3v) is 4.77. The van der Waals surface area contributed by atoms with Gasteiger partial charge >= 0.3 is 7.12 Å². The van der Waals surface area contributed by atoms with Crippen molar-refractivity contribution in [2.75, 3.05) is 18.1 Å². The van der Waals surface area contributed by atoms with Gasteiger partial charge in [0, 0.05) is 0 Å². The topological polar surface area (TPSA) is 48.0 Å². The van der Waals surface area contributed by atoms with E-state index in [1.807, 2.05) is 27.7 Å². The van der Waals surface area contributed by atoms with Crippen molar-refractivity contribution in [2.45, 2.75) is 45.3 Å². The third kappa shape index (κ3) is 2.88. The Balaban J connectivity index is 1.93. The summed E-state index contributed by atoms with van der Waals surface area (Å²) in [7, 11) is -0.634. The lowest BCUT2D eigenvalue weighted by atomic mass is 9.78. The number of hydrogen-bond donors (Lipinski definition) is 0. The fraction of sp³-hybridized carbons (Fsp3) is 0.562. The SMILES string of the molecule is CC1(C)OB(c2ccc3c(c2)N(CC(F)F)C(=O)CO3)OC1(C)C. The average molecular weight is 339 g/mol. The Hall–Kier alpha value is -1.67. The second kappa shape index (κ2) is 5.70. The lowest BCUT2D eigenvalue weighted by Gasteiger charge is -2.32. The molecular formula is C16H20BF2NO4. The van der Waals surface area contributed by atoms with Gasteiger partial charge < -0.3 is 18.9 Å². The molecule has 0 bridgehead atoms. The molecule has 0 aliphatic carbocycles. The first-order valence-electron chi connectivity index (χ1n) is 7.81. The standard InChI is InChI=1S/C16H20BF2NO4/c1-15(2)16(3,4)24-17(23-15)10-5-6-12-11(7-10)20(8-13(18)19)14(21)9-22-12/h5-7,13H,8-9H2,1-4H3. The summed E-state index contributed by atoms with van der Waals surface area (Å²) < 4.78 is 42.9. The summed E-state index contributed by atoms with van der Waals surface area (Å²) in [4.78, 5) is 13.0. The fourth-order valence-electron chi connectivity index (χ4n) is 2.68. The molecule has 1 aromatic rings. The van der Waals surface area contributed by atoms with Gasteiger partial charge in [-0.3, -0.25) is 4.79 Å². The molecule has 130 valence electrons. The number of hydrogen-bond acceptors (Lipinski definition) is 4. The van der Waals surface area contributed by atoms with Crippen LogP contribution in [0.3, 0.4) is 0 Å². The van der Waals surface area contributed by atoms with Crippen molar-refractivity contribution in [3.05, 3.63) is 18.2 Å². The molecule has 1 amide bonds. The maximum atomic E-state index is 12.8. The van der Waals surface area contributed by atoms with Gasteiger partial charge in [0.15, 0.2) is 6.61 Å². The number of ether oxygens (including phenoxy) is 1. The van der Waals surface area contributed by atoms with Crippen LogP contribution in [0.25, 0.3) is 0 Å². The zero-order valence-electron chi connectivity index (χ0n) is 14.1. The molecule has 5 nitrogen and oxygen atoms in total. The summed E-state index contributed by atoms with van der Waals surface area (Å²) in [5.74, 6) is -0.0932. The van der Waals surface area contributed by atoms with Crippen LogP contribution in [-0.2, 0) is 14.1 Å². The van der Waals surface area contributed by atoms with E-state index >= 15 is 0 Å². The van der Waals surface area contributed by atoms with E-state index in [0.717, 1.165) is 4.90 Å². The monoisotopic (exact) mass is 339 g/mol. The van der Waals surface area contributed by atoms with Gasteiger partial charge in [-0.1, -0.05) is 6.07 Å². The summed E-state index contributed by atoms with van der Waals surface area (Å²) in [6.45, 7) is 6.82. The molecule has 2 aliphatic heterocycles. The lowest BCUT2D eigenvalue weighted by Crippen LogP contribution is -2.43. The van der Waals surface area contributed by atoms with Crippen LogP contribution in [0, 0.1) is 0 Å². The van der Waals surface area contributed by atoms with Crippen LogP contribution in [0.5, 0.6) is 5.75 Å². The molecule has 3 rings (SSSR count). The van der Waals surface area contributed by atoms with Crippen molar-refractivity contribution in [3.8, 4) is 5.75 Å². The van der Waals surface area contributed by atoms with E-state index in [4.69, 9.17) is 14.0 Å². The molecule has 0 aromatic heterocycles. The van der Waals surface area contributed by atoms with Crippen molar-refractivity contribution in [1.82, 2.24) is 0 Å². The normalized spacial score (nSPS) is 21.9. The number of anilines is 1. The van der Waals surface area contributed by atoms with Gasteiger partial charge in [-0.2, -0.15) is 0 Å². The maximum absolute atomic E-state index is 12.8. The molecule has 0 spiro atoms. The van der Waals surface area contributed by atoms with Crippen molar-refractivity contribution in [2.24, 2.45) is 0 Å². The Kier molecular flexibility index (Phi) is 4.08. The molecule has 8 heteroatoms. The zero-order valence-corrected chi connectivity index (χ0v) is 14.1. The van der Waals surface area contributed by atoms with Gasteiger partial charge in [-0.15, -0.1) is 0 Å². The second-order valence-corrected chi connectivity index (χ2v) is 7.00. The number of benzene rings is 1. The molecule has 0 saturated carbocycles. The van der Waals surface area contributed by atoms with Crippen LogP contribution in [0.2, 0.25) is 0 Å². The number of carbonyl (C=O) groups is 1. The Morgan fingerprint density at radius 1 is 1.21 bits per heavy atom. The predicted octanol–water partition coefficient (Wildman–Crippen LogP) is 1.98. The van der Waals surface area contributed by atoms with E-state index in [9.17, 15) is 13.6 Å².